The van der Waals surface area contributed by atoms with Gasteiger partial charge in [-0.2, -0.15) is 5.10 Å². The zero-order valence-corrected chi connectivity index (χ0v) is 15.7. The minimum Gasteiger partial charge on any atom is -0.497 e. The van der Waals surface area contributed by atoms with Gasteiger partial charge < -0.3 is 14.0 Å². The van der Waals surface area contributed by atoms with E-state index in [2.05, 4.69) is 15.2 Å². The summed E-state index contributed by atoms with van der Waals surface area (Å²) in [5, 5.41) is 8.95. The number of nitrogens with zero attached hydrogens (tertiary/aromatic N) is 4. The van der Waals surface area contributed by atoms with Crippen molar-refractivity contribution < 1.29 is 14.0 Å². The molecule has 0 aliphatic carbocycles. The number of rotatable bonds is 5. The van der Waals surface area contributed by atoms with Crippen LogP contribution in [0.4, 0.5) is 0 Å². The van der Waals surface area contributed by atoms with E-state index in [1.165, 1.54) is 4.68 Å². The summed E-state index contributed by atoms with van der Waals surface area (Å²) in [6.07, 6.45) is 3.36. The van der Waals surface area contributed by atoms with Crippen molar-refractivity contribution in [2.45, 2.75) is 13.5 Å². The molecule has 0 bridgehead atoms. The first kappa shape index (κ1) is 17.7. The summed E-state index contributed by atoms with van der Waals surface area (Å²) in [7, 11) is 3.15. The molecule has 8 nitrogen and oxygen atoms in total. The summed E-state index contributed by atoms with van der Waals surface area (Å²) in [5.41, 5.74) is 2.64. The van der Waals surface area contributed by atoms with E-state index in [1.807, 2.05) is 18.2 Å². The van der Waals surface area contributed by atoms with Crippen molar-refractivity contribution in [3.63, 3.8) is 0 Å². The molecule has 8 heteroatoms. The van der Waals surface area contributed by atoms with Gasteiger partial charge in [0.2, 0.25) is 5.58 Å². The molecule has 3 aromatic heterocycles. The highest BCUT2D eigenvalue weighted by atomic mass is 16.5. The molecule has 0 aliphatic rings. The fraction of sp³-hybridized carbons (Fsp3) is 0.200. The van der Waals surface area contributed by atoms with E-state index in [1.54, 1.807) is 45.7 Å². The molecule has 0 radical (unpaired) electrons. The SMILES string of the molecule is COc1ccc(-c2nn(Cc3ccncc3)c(=O)c3c(C)noc23)c(OC)c1. The van der Waals surface area contributed by atoms with Crippen LogP contribution in [0.25, 0.3) is 22.2 Å². The molecule has 0 aliphatic heterocycles. The second-order valence-corrected chi connectivity index (χ2v) is 6.21. The van der Waals surface area contributed by atoms with Crippen molar-refractivity contribution in [1.82, 2.24) is 19.9 Å². The van der Waals surface area contributed by atoms with Crippen molar-refractivity contribution in [1.29, 1.82) is 0 Å². The number of hydrogen-bond acceptors (Lipinski definition) is 7. The van der Waals surface area contributed by atoms with Crippen molar-refractivity contribution in [2.75, 3.05) is 14.2 Å². The summed E-state index contributed by atoms with van der Waals surface area (Å²) in [6.45, 7) is 2.03. The first-order valence-electron chi connectivity index (χ1n) is 8.60. The lowest BCUT2D eigenvalue weighted by Gasteiger charge is -2.12. The summed E-state index contributed by atoms with van der Waals surface area (Å²) >= 11 is 0. The van der Waals surface area contributed by atoms with Crippen molar-refractivity contribution in [2.24, 2.45) is 0 Å². The van der Waals surface area contributed by atoms with Gasteiger partial charge in [0.1, 0.15) is 22.6 Å². The normalized spacial score (nSPS) is 11.0. The minimum absolute atomic E-state index is 0.262. The van der Waals surface area contributed by atoms with Gasteiger partial charge >= 0.3 is 0 Å². The predicted octanol–water partition coefficient (Wildman–Crippen LogP) is 2.82. The van der Waals surface area contributed by atoms with Gasteiger partial charge in [0.05, 0.1) is 26.5 Å². The van der Waals surface area contributed by atoms with Crippen LogP contribution in [0.3, 0.4) is 0 Å². The van der Waals surface area contributed by atoms with E-state index >= 15 is 0 Å². The van der Waals surface area contributed by atoms with Crippen LogP contribution in [-0.2, 0) is 6.54 Å². The smallest absolute Gasteiger partial charge is 0.280 e. The Morgan fingerprint density at radius 2 is 1.89 bits per heavy atom. The molecule has 0 atom stereocenters. The summed E-state index contributed by atoms with van der Waals surface area (Å²) in [4.78, 5) is 17.0. The van der Waals surface area contributed by atoms with E-state index in [4.69, 9.17) is 14.0 Å². The van der Waals surface area contributed by atoms with Crippen LogP contribution in [-0.4, -0.2) is 34.1 Å². The number of methoxy groups -OCH3 is 2. The van der Waals surface area contributed by atoms with Gasteiger partial charge in [-0.15, -0.1) is 0 Å². The third kappa shape index (κ3) is 2.98. The summed E-state index contributed by atoms with van der Waals surface area (Å²) < 4.78 is 17.6. The molecular formula is C20H18N4O4. The topological polar surface area (TPSA) is 92.3 Å². The molecule has 28 heavy (non-hydrogen) atoms. The number of benzene rings is 1. The van der Waals surface area contributed by atoms with Gasteiger partial charge in [0.25, 0.3) is 5.56 Å². The van der Waals surface area contributed by atoms with Gasteiger partial charge in [-0.25, -0.2) is 4.68 Å². The monoisotopic (exact) mass is 378 g/mol. The highest BCUT2D eigenvalue weighted by molar-refractivity contribution is 5.92. The Hall–Kier alpha value is -3.68. The van der Waals surface area contributed by atoms with E-state index in [-0.39, 0.29) is 5.56 Å². The van der Waals surface area contributed by atoms with E-state index in [0.29, 0.717) is 46.0 Å². The van der Waals surface area contributed by atoms with Gasteiger partial charge in [0.15, 0.2) is 0 Å². The largest absolute Gasteiger partial charge is 0.497 e. The zero-order valence-electron chi connectivity index (χ0n) is 15.7. The number of hydrogen-bond donors (Lipinski definition) is 0. The minimum atomic E-state index is -0.262. The Morgan fingerprint density at radius 3 is 2.61 bits per heavy atom. The van der Waals surface area contributed by atoms with Crippen molar-refractivity contribution in [3.05, 3.63) is 64.3 Å². The maximum atomic E-state index is 13.0. The van der Waals surface area contributed by atoms with Crippen LogP contribution >= 0.6 is 0 Å². The summed E-state index contributed by atoms with van der Waals surface area (Å²) in [6, 6.07) is 9.05. The van der Waals surface area contributed by atoms with E-state index in [0.717, 1.165) is 5.56 Å². The van der Waals surface area contributed by atoms with Crippen molar-refractivity contribution >= 4 is 11.0 Å². The van der Waals surface area contributed by atoms with Crippen LogP contribution in [0.1, 0.15) is 11.3 Å². The number of aryl methyl sites for hydroxylation is 1. The Kier molecular flexibility index (Phi) is 4.52. The highest BCUT2D eigenvalue weighted by Gasteiger charge is 2.21. The van der Waals surface area contributed by atoms with Crippen LogP contribution in [0, 0.1) is 6.92 Å². The quantitative estimate of drug-likeness (QED) is 0.527. The fourth-order valence-electron chi connectivity index (χ4n) is 3.06. The zero-order chi connectivity index (χ0) is 19.7. The predicted molar refractivity (Wildman–Crippen MR) is 103 cm³/mol. The fourth-order valence-corrected chi connectivity index (χ4v) is 3.06. The van der Waals surface area contributed by atoms with Crippen LogP contribution in [0.5, 0.6) is 11.5 Å². The van der Waals surface area contributed by atoms with Gasteiger partial charge in [-0.05, 0) is 36.8 Å². The molecule has 1 aromatic carbocycles. The molecule has 0 spiro atoms. The van der Waals surface area contributed by atoms with Gasteiger partial charge in [-0.3, -0.25) is 9.78 Å². The van der Waals surface area contributed by atoms with Crippen LogP contribution in [0.15, 0.2) is 52.0 Å². The first-order chi connectivity index (χ1) is 13.6. The lowest BCUT2D eigenvalue weighted by atomic mass is 10.1. The lowest BCUT2D eigenvalue weighted by molar-refractivity contribution is 0.395. The van der Waals surface area contributed by atoms with Crippen LogP contribution < -0.4 is 15.0 Å². The van der Waals surface area contributed by atoms with Crippen molar-refractivity contribution in [3.8, 4) is 22.8 Å². The summed E-state index contributed by atoms with van der Waals surface area (Å²) in [5.74, 6) is 1.20. The lowest BCUT2D eigenvalue weighted by Crippen LogP contribution is -2.24. The maximum absolute atomic E-state index is 13.0. The van der Waals surface area contributed by atoms with Gasteiger partial charge in [0, 0.05) is 24.0 Å². The Balaban J connectivity index is 1.96. The Morgan fingerprint density at radius 1 is 1.11 bits per heavy atom. The second-order valence-electron chi connectivity index (χ2n) is 6.21. The number of fused-ring (bicyclic) bond motifs is 1. The third-order valence-corrected chi connectivity index (χ3v) is 4.49. The van der Waals surface area contributed by atoms with E-state index in [9.17, 15) is 4.79 Å². The molecule has 0 saturated heterocycles. The maximum Gasteiger partial charge on any atom is 0.280 e. The molecule has 0 unspecified atom stereocenters. The molecule has 0 amide bonds. The van der Waals surface area contributed by atoms with Gasteiger partial charge in [-0.1, -0.05) is 5.16 Å². The number of pyridine rings is 1. The first-order valence-corrected chi connectivity index (χ1v) is 8.60. The molecule has 4 aromatic rings. The standard InChI is InChI=1S/C20H18N4O4/c1-12-17-19(28-23-12)18(15-5-4-14(26-2)10-16(15)27-3)22-24(20(17)25)11-13-6-8-21-9-7-13/h4-10H,11H2,1-3H3. The third-order valence-electron chi connectivity index (χ3n) is 4.49. The second kappa shape index (κ2) is 7.15. The Labute approximate surface area is 160 Å². The average molecular weight is 378 g/mol. The molecular weight excluding hydrogens is 360 g/mol. The molecule has 0 saturated carbocycles. The van der Waals surface area contributed by atoms with Crippen LogP contribution in [0.2, 0.25) is 0 Å². The molecule has 4 rings (SSSR count). The molecule has 0 N–H and O–H groups in total. The highest BCUT2D eigenvalue weighted by Crippen LogP contribution is 2.35. The average Bonchev–Trinajstić information content (AvgIpc) is 3.12. The molecule has 3 heterocycles. The molecule has 0 fully saturated rings. The molecule has 142 valence electrons. The number of ether oxygens (including phenoxy) is 2. The number of aromatic nitrogens is 4. The Bertz CT molecular complexity index is 1200. The van der Waals surface area contributed by atoms with E-state index < -0.39 is 0 Å².